The Morgan fingerprint density at radius 2 is 1.83 bits per heavy atom. The standard InChI is InChI=1S/C20H16N2O8/c1-2-28-20(25)21-14-5-8-16-13(9-18(23)30-17(16)10-14)11-29-19(24)12-3-6-15(7-4-12)22(26)27/h3-10H,2,11H2,1H3,(H,21,25). The number of anilines is 1. The zero-order valence-electron chi connectivity index (χ0n) is 15.7. The zero-order valence-corrected chi connectivity index (χ0v) is 15.7. The Bertz CT molecular complexity index is 1170. The molecule has 10 heteroatoms. The van der Waals surface area contributed by atoms with Crippen LogP contribution in [0.3, 0.4) is 0 Å². The molecule has 1 aromatic heterocycles. The van der Waals surface area contributed by atoms with E-state index in [1.807, 2.05) is 0 Å². The van der Waals surface area contributed by atoms with Crippen LogP contribution in [0.25, 0.3) is 11.0 Å². The van der Waals surface area contributed by atoms with E-state index in [0.29, 0.717) is 16.6 Å². The molecule has 154 valence electrons. The van der Waals surface area contributed by atoms with Crippen LogP contribution in [0.1, 0.15) is 22.8 Å². The largest absolute Gasteiger partial charge is 0.457 e. The molecule has 1 amide bonds. The molecule has 0 unspecified atom stereocenters. The van der Waals surface area contributed by atoms with E-state index in [2.05, 4.69) is 5.32 Å². The molecule has 0 radical (unpaired) electrons. The predicted molar refractivity (Wildman–Crippen MR) is 105 cm³/mol. The number of hydrogen-bond acceptors (Lipinski definition) is 8. The smallest absolute Gasteiger partial charge is 0.411 e. The van der Waals surface area contributed by atoms with Gasteiger partial charge in [0.15, 0.2) is 0 Å². The lowest BCUT2D eigenvalue weighted by molar-refractivity contribution is -0.384. The van der Waals surface area contributed by atoms with Crippen molar-refractivity contribution >= 4 is 34.4 Å². The number of carbonyl (C=O) groups excluding carboxylic acids is 2. The Kier molecular flexibility index (Phi) is 6.06. The summed E-state index contributed by atoms with van der Waals surface area (Å²) in [5.74, 6) is -0.702. The average molecular weight is 412 g/mol. The maximum absolute atomic E-state index is 12.2. The molecule has 0 atom stereocenters. The summed E-state index contributed by atoms with van der Waals surface area (Å²) in [4.78, 5) is 45.7. The van der Waals surface area contributed by atoms with E-state index < -0.39 is 22.6 Å². The van der Waals surface area contributed by atoms with Crippen LogP contribution in [0.15, 0.2) is 57.7 Å². The molecule has 0 aliphatic heterocycles. The van der Waals surface area contributed by atoms with Crippen molar-refractivity contribution in [3.8, 4) is 0 Å². The number of nitro groups is 1. The highest BCUT2D eigenvalue weighted by molar-refractivity contribution is 5.91. The van der Waals surface area contributed by atoms with Gasteiger partial charge >= 0.3 is 17.7 Å². The van der Waals surface area contributed by atoms with E-state index in [4.69, 9.17) is 13.9 Å². The van der Waals surface area contributed by atoms with Gasteiger partial charge in [0.25, 0.3) is 5.69 Å². The number of rotatable bonds is 6. The summed E-state index contributed by atoms with van der Waals surface area (Å²) in [7, 11) is 0. The van der Waals surface area contributed by atoms with E-state index in [1.165, 1.54) is 36.4 Å². The topological polar surface area (TPSA) is 138 Å². The molecule has 0 aliphatic carbocycles. The summed E-state index contributed by atoms with van der Waals surface area (Å²) < 4.78 is 15.2. The number of ether oxygens (including phenoxy) is 2. The van der Waals surface area contributed by atoms with E-state index in [9.17, 15) is 24.5 Å². The average Bonchev–Trinajstić information content (AvgIpc) is 2.71. The number of hydrogen-bond donors (Lipinski definition) is 1. The third-order valence-corrected chi connectivity index (χ3v) is 4.02. The van der Waals surface area contributed by atoms with Crippen LogP contribution in [-0.2, 0) is 16.1 Å². The van der Waals surface area contributed by atoms with Crippen LogP contribution in [-0.4, -0.2) is 23.6 Å². The molecule has 30 heavy (non-hydrogen) atoms. The molecular weight excluding hydrogens is 396 g/mol. The van der Waals surface area contributed by atoms with E-state index in [-0.39, 0.29) is 30.0 Å². The lowest BCUT2D eigenvalue weighted by Crippen LogP contribution is -2.13. The first-order chi connectivity index (χ1) is 14.4. The molecule has 0 fully saturated rings. The van der Waals surface area contributed by atoms with E-state index in [1.54, 1.807) is 19.1 Å². The molecule has 3 rings (SSSR count). The fourth-order valence-corrected chi connectivity index (χ4v) is 2.66. The Hall–Kier alpha value is -4.21. The van der Waals surface area contributed by atoms with Gasteiger partial charge < -0.3 is 13.9 Å². The van der Waals surface area contributed by atoms with Crippen LogP contribution in [0, 0.1) is 10.1 Å². The van der Waals surface area contributed by atoms with Gasteiger partial charge in [-0.3, -0.25) is 15.4 Å². The summed E-state index contributed by atoms with van der Waals surface area (Å²) in [6.45, 7) is 1.66. The third kappa shape index (κ3) is 4.79. The van der Waals surface area contributed by atoms with Crippen LogP contribution >= 0.6 is 0 Å². The molecule has 0 bridgehead atoms. The molecule has 2 aromatic carbocycles. The molecule has 1 N–H and O–H groups in total. The van der Waals surface area contributed by atoms with Gasteiger partial charge in [-0.05, 0) is 31.2 Å². The zero-order chi connectivity index (χ0) is 21.7. The summed E-state index contributed by atoms with van der Waals surface area (Å²) in [6.07, 6.45) is -0.646. The van der Waals surface area contributed by atoms with Crippen molar-refractivity contribution in [3.05, 3.63) is 80.2 Å². The number of fused-ring (bicyclic) bond motifs is 1. The maximum atomic E-state index is 12.2. The lowest BCUT2D eigenvalue weighted by Gasteiger charge is -2.09. The Balaban J connectivity index is 1.78. The summed E-state index contributed by atoms with van der Waals surface area (Å²) >= 11 is 0. The third-order valence-electron chi connectivity index (χ3n) is 4.02. The number of amides is 1. The maximum Gasteiger partial charge on any atom is 0.411 e. The molecule has 1 heterocycles. The van der Waals surface area contributed by atoms with Crippen molar-refractivity contribution < 1.29 is 28.4 Å². The normalized spacial score (nSPS) is 10.4. The summed E-state index contributed by atoms with van der Waals surface area (Å²) in [6, 6.07) is 10.8. The highest BCUT2D eigenvalue weighted by Gasteiger charge is 2.13. The van der Waals surface area contributed by atoms with Crippen molar-refractivity contribution in [2.45, 2.75) is 13.5 Å². The molecule has 0 aliphatic rings. The minimum atomic E-state index is -0.702. The summed E-state index contributed by atoms with van der Waals surface area (Å²) in [5, 5.41) is 13.7. The molecule has 10 nitrogen and oxygen atoms in total. The molecule has 0 spiro atoms. The number of nitrogens with one attached hydrogen (secondary N) is 1. The number of carbonyl (C=O) groups is 2. The lowest BCUT2D eigenvalue weighted by atomic mass is 10.1. The number of non-ortho nitro benzene ring substituents is 1. The van der Waals surface area contributed by atoms with Crippen molar-refractivity contribution in [2.24, 2.45) is 0 Å². The van der Waals surface area contributed by atoms with Gasteiger partial charge in [0.05, 0.1) is 17.1 Å². The minimum Gasteiger partial charge on any atom is -0.457 e. The van der Waals surface area contributed by atoms with Gasteiger partial charge in [-0.25, -0.2) is 14.4 Å². The first-order valence-corrected chi connectivity index (χ1v) is 8.79. The monoisotopic (exact) mass is 412 g/mol. The van der Waals surface area contributed by atoms with Crippen molar-refractivity contribution in [2.75, 3.05) is 11.9 Å². The van der Waals surface area contributed by atoms with Crippen LogP contribution in [0.2, 0.25) is 0 Å². The van der Waals surface area contributed by atoms with E-state index >= 15 is 0 Å². The fourth-order valence-electron chi connectivity index (χ4n) is 2.66. The van der Waals surface area contributed by atoms with Gasteiger partial charge in [-0.1, -0.05) is 0 Å². The van der Waals surface area contributed by atoms with Crippen LogP contribution in [0.5, 0.6) is 0 Å². The first-order valence-electron chi connectivity index (χ1n) is 8.79. The van der Waals surface area contributed by atoms with Crippen molar-refractivity contribution in [1.82, 2.24) is 0 Å². The first kappa shape index (κ1) is 20.5. The van der Waals surface area contributed by atoms with Gasteiger partial charge in [0.2, 0.25) is 0 Å². The molecule has 0 saturated heterocycles. The number of nitro benzene ring substituents is 1. The SMILES string of the molecule is CCOC(=O)Nc1ccc2c(COC(=O)c3ccc([N+](=O)[O-])cc3)cc(=O)oc2c1. The van der Waals surface area contributed by atoms with Crippen molar-refractivity contribution in [3.63, 3.8) is 0 Å². The second kappa shape index (κ2) is 8.86. The molecule has 3 aromatic rings. The fraction of sp³-hybridized carbons (Fsp3) is 0.150. The highest BCUT2D eigenvalue weighted by atomic mass is 16.6. The Morgan fingerprint density at radius 3 is 2.50 bits per heavy atom. The van der Waals surface area contributed by atoms with Crippen molar-refractivity contribution in [1.29, 1.82) is 0 Å². The Labute approximate surface area is 169 Å². The van der Waals surface area contributed by atoms with Crippen LogP contribution < -0.4 is 10.9 Å². The highest BCUT2D eigenvalue weighted by Crippen LogP contribution is 2.22. The van der Waals surface area contributed by atoms with Gasteiger partial charge in [-0.15, -0.1) is 0 Å². The van der Waals surface area contributed by atoms with Gasteiger partial charge in [0.1, 0.15) is 12.2 Å². The minimum absolute atomic E-state index is 0.133. The number of nitrogens with zero attached hydrogens (tertiary/aromatic N) is 1. The second-order valence-electron chi connectivity index (χ2n) is 6.03. The summed E-state index contributed by atoms with van der Waals surface area (Å²) in [5.41, 5.74) is 0.290. The number of benzene rings is 2. The molecular formula is C20H16N2O8. The van der Waals surface area contributed by atoms with E-state index in [0.717, 1.165) is 0 Å². The second-order valence-corrected chi connectivity index (χ2v) is 6.03. The van der Waals surface area contributed by atoms with Crippen LogP contribution in [0.4, 0.5) is 16.2 Å². The predicted octanol–water partition coefficient (Wildman–Crippen LogP) is 3.63. The van der Waals surface area contributed by atoms with Gasteiger partial charge in [0, 0.05) is 40.9 Å². The quantitative estimate of drug-likeness (QED) is 0.280. The van der Waals surface area contributed by atoms with Gasteiger partial charge in [-0.2, -0.15) is 0 Å². The Morgan fingerprint density at radius 1 is 1.10 bits per heavy atom. The molecule has 0 saturated carbocycles. The number of esters is 1.